The van der Waals surface area contributed by atoms with Gasteiger partial charge in [0.1, 0.15) is 11.8 Å². The van der Waals surface area contributed by atoms with Crippen LogP contribution in [0.5, 0.6) is 11.6 Å². The Morgan fingerprint density at radius 2 is 1.66 bits per heavy atom. The first-order valence-electron chi connectivity index (χ1n) is 11.1. The van der Waals surface area contributed by atoms with Crippen molar-refractivity contribution in [2.24, 2.45) is 0 Å². The Morgan fingerprint density at radius 1 is 0.938 bits per heavy atom. The summed E-state index contributed by atoms with van der Waals surface area (Å²) >= 11 is 0. The smallest absolute Gasteiger partial charge is 0.219 e. The number of rotatable bonds is 5. The maximum atomic E-state index is 8.93. The molecule has 1 aliphatic rings. The monoisotopic (exact) mass is 423 g/mol. The van der Waals surface area contributed by atoms with Crippen LogP contribution in [-0.4, -0.2) is 11.0 Å². The third-order valence-corrected chi connectivity index (χ3v) is 5.68. The first-order chi connectivity index (χ1) is 15.8. The molecule has 0 amide bonds. The zero-order valence-electron chi connectivity index (χ0n) is 18.5. The molecule has 0 atom stereocenters. The van der Waals surface area contributed by atoms with E-state index in [1.165, 1.54) is 28.3 Å². The molecular formula is C28H29N3O. The lowest BCUT2D eigenvalue weighted by atomic mass is 10.0. The summed E-state index contributed by atoms with van der Waals surface area (Å²) in [7, 11) is 0. The van der Waals surface area contributed by atoms with Gasteiger partial charge in [-0.15, -0.1) is 0 Å². The first-order valence-corrected chi connectivity index (χ1v) is 11.1. The highest BCUT2D eigenvalue weighted by Gasteiger charge is 2.20. The lowest BCUT2D eigenvalue weighted by molar-refractivity contribution is 0.468. The van der Waals surface area contributed by atoms with Crippen molar-refractivity contribution < 1.29 is 6.16 Å². The van der Waals surface area contributed by atoms with Crippen molar-refractivity contribution in [2.75, 3.05) is 0 Å². The van der Waals surface area contributed by atoms with Gasteiger partial charge in [0, 0.05) is 31.7 Å². The van der Waals surface area contributed by atoms with Gasteiger partial charge in [0.05, 0.1) is 5.56 Å². The van der Waals surface area contributed by atoms with Crippen LogP contribution in [0, 0.1) is 11.3 Å². The van der Waals surface area contributed by atoms with E-state index in [0.717, 1.165) is 30.5 Å². The Morgan fingerprint density at radius 3 is 2.34 bits per heavy atom. The van der Waals surface area contributed by atoms with Gasteiger partial charge in [-0.25, -0.2) is 4.98 Å². The molecule has 0 fully saturated rings. The molecule has 1 aromatic heterocycles. The number of fused-ring (bicyclic) bond motifs is 2. The van der Waals surface area contributed by atoms with Crippen LogP contribution in [0.15, 0.2) is 79.0 Å². The summed E-state index contributed by atoms with van der Waals surface area (Å²) in [5, 5.41) is 14.9. The van der Waals surface area contributed by atoms with E-state index in [4.69, 9.17) is 10.00 Å². The molecule has 32 heavy (non-hydrogen) atoms. The molecule has 1 aliphatic carbocycles. The van der Waals surface area contributed by atoms with Crippen molar-refractivity contribution in [3.8, 4) is 17.7 Å². The van der Waals surface area contributed by atoms with Gasteiger partial charge in [-0.2, -0.15) is 5.26 Å². The lowest BCUT2D eigenvalue weighted by Gasteiger charge is -2.15. The number of hydrogen-bond donors (Lipinski definition) is 1. The fourth-order valence-electron chi connectivity index (χ4n) is 4.17. The van der Waals surface area contributed by atoms with Crippen LogP contribution < -0.4 is 10.1 Å². The van der Waals surface area contributed by atoms with E-state index in [1.54, 1.807) is 12.1 Å². The Balaban J connectivity index is 0.000000994. The van der Waals surface area contributed by atoms with E-state index in [0.29, 0.717) is 17.5 Å². The lowest BCUT2D eigenvalue weighted by Crippen LogP contribution is -2.29. The average molecular weight is 424 g/mol. The largest absolute Gasteiger partial charge is 0.438 e. The topological polar surface area (TPSA) is 57.9 Å². The quantitative estimate of drug-likeness (QED) is 0.402. The third kappa shape index (κ3) is 4.64. The number of hydrogen-bond acceptors (Lipinski definition) is 4. The van der Waals surface area contributed by atoms with Crippen molar-refractivity contribution in [1.82, 2.24) is 10.3 Å². The zero-order chi connectivity index (χ0) is 22.3. The summed E-state index contributed by atoms with van der Waals surface area (Å²) in [6.45, 7) is 4.81. The molecule has 4 heteroatoms. The van der Waals surface area contributed by atoms with Gasteiger partial charge in [-0.1, -0.05) is 68.4 Å². The minimum atomic E-state index is 0. The van der Waals surface area contributed by atoms with Crippen LogP contribution in [0.1, 0.15) is 37.5 Å². The minimum Gasteiger partial charge on any atom is -0.438 e. The number of nitrogens with zero attached hydrogens (tertiary/aromatic N) is 2. The number of nitrogens with one attached hydrogen (secondary N) is 1. The van der Waals surface area contributed by atoms with Gasteiger partial charge in [0.2, 0.25) is 5.88 Å². The Kier molecular flexibility index (Phi) is 6.79. The predicted octanol–water partition coefficient (Wildman–Crippen LogP) is 6.43. The molecular weight excluding hydrogens is 394 g/mol. The van der Waals surface area contributed by atoms with Crippen molar-refractivity contribution in [3.05, 3.63) is 101 Å². The van der Waals surface area contributed by atoms with Crippen LogP contribution >= 0.6 is 0 Å². The molecule has 3 aromatic carbocycles. The van der Waals surface area contributed by atoms with Crippen LogP contribution in [0.2, 0.25) is 0 Å². The predicted molar refractivity (Wildman–Crippen MR) is 131 cm³/mol. The summed E-state index contributed by atoms with van der Waals surface area (Å²) < 4.78 is 6.03. The maximum Gasteiger partial charge on any atom is 0.219 e. The summed E-state index contributed by atoms with van der Waals surface area (Å²) in [4.78, 5) is 4.23. The molecule has 0 saturated carbocycles. The van der Waals surface area contributed by atoms with Crippen molar-refractivity contribution in [1.29, 1.82) is 5.26 Å². The zero-order valence-corrected chi connectivity index (χ0v) is 18.5. The second-order valence-corrected chi connectivity index (χ2v) is 7.62. The van der Waals surface area contributed by atoms with E-state index in [2.05, 4.69) is 64.9 Å². The summed E-state index contributed by atoms with van der Waals surface area (Å²) in [5.41, 5.74) is 4.68. The number of aromatic nitrogens is 1. The molecule has 5 rings (SSSR count). The second-order valence-electron chi connectivity index (χ2n) is 7.62. The molecule has 0 bridgehead atoms. The van der Waals surface area contributed by atoms with E-state index < -0.39 is 0 Å². The third-order valence-electron chi connectivity index (χ3n) is 5.68. The van der Waals surface area contributed by atoms with Gasteiger partial charge in [-0.3, -0.25) is 0 Å². The highest BCUT2D eigenvalue weighted by molar-refractivity contribution is 5.91. The van der Waals surface area contributed by atoms with Crippen LogP contribution in [0.3, 0.4) is 0 Å². The normalized spacial score (nSPS) is 12.5. The summed E-state index contributed by atoms with van der Waals surface area (Å²) in [6.07, 6.45) is 3.69. The van der Waals surface area contributed by atoms with E-state index in [9.17, 15) is 0 Å². The van der Waals surface area contributed by atoms with Gasteiger partial charge < -0.3 is 10.1 Å². The average Bonchev–Trinajstić information content (AvgIpc) is 3.28. The van der Waals surface area contributed by atoms with Gasteiger partial charge in [0.15, 0.2) is 0 Å². The van der Waals surface area contributed by atoms with Crippen LogP contribution in [0.25, 0.3) is 10.8 Å². The molecule has 0 saturated heterocycles. The van der Waals surface area contributed by atoms with Crippen LogP contribution in [-0.2, 0) is 19.4 Å². The van der Waals surface area contributed by atoms with E-state index >= 15 is 0 Å². The van der Waals surface area contributed by atoms with E-state index in [-0.39, 0.29) is 1.43 Å². The van der Waals surface area contributed by atoms with Gasteiger partial charge in [-0.05, 0) is 47.1 Å². The summed E-state index contributed by atoms with van der Waals surface area (Å²) in [6, 6.07) is 27.1. The highest BCUT2D eigenvalue weighted by atomic mass is 16.5. The van der Waals surface area contributed by atoms with Crippen molar-refractivity contribution in [2.45, 2.75) is 39.3 Å². The molecule has 0 radical (unpaired) electrons. The van der Waals surface area contributed by atoms with E-state index in [1.807, 2.05) is 26.0 Å². The first kappa shape index (κ1) is 21.5. The fraction of sp³-hybridized carbons (Fsp3) is 0.214. The standard InChI is InChI=1S/C26H21N3O.C2H6.H2/c27-15-18-11-12-26(29-16-18)30-25-10-4-8-23-21(7-3-9-24(23)25)17-28-22-13-19-5-1-2-6-20(19)14-22;1-2;/h1-12,16,22,28H,13-14,17H2;1-2H3;1H. The SMILES string of the molecule is CC.N#Cc1ccc(Oc2cccc3c(CNC4Cc5ccccc5C4)cccc23)nc1.[HH]. The van der Waals surface area contributed by atoms with Gasteiger partial charge in [0.25, 0.3) is 0 Å². The Labute approximate surface area is 191 Å². The number of pyridine rings is 1. The van der Waals surface area contributed by atoms with Crippen molar-refractivity contribution in [3.63, 3.8) is 0 Å². The Hall–Kier alpha value is -3.68. The van der Waals surface area contributed by atoms with Gasteiger partial charge >= 0.3 is 0 Å². The fourth-order valence-corrected chi connectivity index (χ4v) is 4.17. The molecule has 0 unspecified atom stereocenters. The summed E-state index contributed by atoms with van der Waals surface area (Å²) in [5.74, 6) is 1.24. The number of benzene rings is 3. The van der Waals surface area contributed by atoms with Crippen molar-refractivity contribution >= 4 is 10.8 Å². The Bertz CT molecular complexity index is 1220. The molecule has 4 nitrogen and oxygen atoms in total. The maximum absolute atomic E-state index is 8.93. The number of nitriles is 1. The molecule has 0 spiro atoms. The second kappa shape index (κ2) is 10.1. The molecule has 1 heterocycles. The number of ether oxygens (including phenoxy) is 1. The molecule has 162 valence electrons. The molecule has 1 N–H and O–H groups in total. The minimum absolute atomic E-state index is 0. The molecule has 0 aliphatic heterocycles. The molecule has 4 aromatic rings. The van der Waals surface area contributed by atoms with Crippen LogP contribution in [0.4, 0.5) is 0 Å². The highest BCUT2D eigenvalue weighted by Crippen LogP contribution is 2.31.